The molecule has 2 aromatic carbocycles. The fourth-order valence-corrected chi connectivity index (χ4v) is 3.97. The van der Waals surface area contributed by atoms with Gasteiger partial charge in [0.15, 0.2) is 0 Å². The smallest absolute Gasteiger partial charge is 0.295 e. The van der Waals surface area contributed by atoms with E-state index in [4.69, 9.17) is 16.3 Å². The molecule has 2 fully saturated rings. The summed E-state index contributed by atoms with van der Waals surface area (Å²) in [6.45, 7) is 0.886. The molecule has 2 atom stereocenters. The Morgan fingerprint density at radius 2 is 1.79 bits per heavy atom. The number of carbonyl (C=O) groups is 2. The first-order valence-corrected chi connectivity index (χ1v) is 9.78. The third-order valence-corrected chi connectivity index (χ3v) is 5.54. The van der Waals surface area contributed by atoms with Gasteiger partial charge in [0.05, 0.1) is 17.7 Å². The lowest BCUT2D eigenvalue weighted by atomic mass is 9.95. The summed E-state index contributed by atoms with van der Waals surface area (Å²) in [5, 5.41) is 21.1. The molecule has 2 N–H and O–H groups in total. The SMILES string of the molecule is O=C1C(=O)N(CC2CCCO2)C(c2ccc(O)cc2)/C1=C(/O)c1ccc(Cl)cc1. The van der Waals surface area contributed by atoms with Crippen molar-refractivity contribution in [2.75, 3.05) is 13.2 Å². The van der Waals surface area contributed by atoms with Gasteiger partial charge in [-0.25, -0.2) is 0 Å². The van der Waals surface area contributed by atoms with Gasteiger partial charge in [0.1, 0.15) is 11.5 Å². The number of aliphatic hydroxyl groups is 1. The minimum atomic E-state index is -0.768. The van der Waals surface area contributed by atoms with Crippen molar-refractivity contribution in [2.45, 2.75) is 25.0 Å². The molecule has 0 aromatic heterocycles. The van der Waals surface area contributed by atoms with Gasteiger partial charge in [-0.3, -0.25) is 9.59 Å². The van der Waals surface area contributed by atoms with Crippen molar-refractivity contribution in [1.29, 1.82) is 0 Å². The van der Waals surface area contributed by atoms with E-state index in [0.717, 1.165) is 12.8 Å². The van der Waals surface area contributed by atoms with E-state index in [1.165, 1.54) is 17.0 Å². The number of phenolic OH excluding ortho intramolecular Hbond substituents is 1. The second kappa shape index (κ2) is 7.89. The van der Waals surface area contributed by atoms with Gasteiger partial charge in [-0.15, -0.1) is 0 Å². The number of ketones is 1. The van der Waals surface area contributed by atoms with Gasteiger partial charge in [-0.2, -0.15) is 0 Å². The number of aliphatic hydroxyl groups excluding tert-OH is 1. The van der Waals surface area contributed by atoms with Crippen LogP contribution < -0.4 is 0 Å². The van der Waals surface area contributed by atoms with E-state index in [9.17, 15) is 19.8 Å². The van der Waals surface area contributed by atoms with E-state index < -0.39 is 17.7 Å². The van der Waals surface area contributed by atoms with Crippen LogP contribution in [0, 0.1) is 0 Å². The highest BCUT2D eigenvalue weighted by Gasteiger charge is 2.47. The average molecular weight is 414 g/mol. The molecule has 0 spiro atoms. The average Bonchev–Trinajstić information content (AvgIpc) is 3.31. The minimum Gasteiger partial charge on any atom is -0.508 e. The van der Waals surface area contributed by atoms with Crippen molar-refractivity contribution < 1.29 is 24.5 Å². The van der Waals surface area contributed by atoms with Crippen LogP contribution in [0.25, 0.3) is 5.76 Å². The molecule has 7 heteroatoms. The lowest BCUT2D eigenvalue weighted by Gasteiger charge is -2.27. The lowest BCUT2D eigenvalue weighted by Crippen LogP contribution is -2.36. The van der Waals surface area contributed by atoms with Gasteiger partial charge in [0.2, 0.25) is 0 Å². The number of hydrogen-bond donors (Lipinski definition) is 2. The second-order valence-electron chi connectivity index (χ2n) is 7.18. The van der Waals surface area contributed by atoms with Crippen molar-refractivity contribution in [2.24, 2.45) is 0 Å². The predicted molar refractivity (Wildman–Crippen MR) is 108 cm³/mol. The van der Waals surface area contributed by atoms with Crippen molar-refractivity contribution in [3.63, 3.8) is 0 Å². The number of rotatable bonds is 4. The second-order valence-corrected chi connectivity index (χ2v) is 7.62. The van der Waals surface area contributed by atoms with Crippen LogP contribution in [0.15, 0.2) is 54.1 Å². The summed E-state index contributed by atoms with van der Waals surface area (Å²) < 4.78 is 5.66. The topological polar surface area (TPSA) is 87.1 Å². The molecule has 0 saturated carbocycles. The minimum absolute atomic E-state index is 0.0148. The van der Waals surface area contributed by atoms with Crippen LogP contribution in [0.1, 0.15) is 30.0 Å². The third kappa shape index (κ3) is 3.73. The highest BCUT2D eigenvalue weighted by molar-refractivity contribution is 6.46. The molecule has 0 bridgehead atoms. The Morgan fingerprint density at radius 1 is 1.10 bits per heavy atom. The molecular formula is C22H20ClNO5. The largest absolute Gasteiger partial charge is 0.508 e. The number of carbonyl (C=O) groups excluding carboxylic acids is 2. The summed E-state index contributed by atoms with van der Waals surface area (Å²) in [6.07, 6.45) is 1.56. The van der Waals surface area contributed by atoms with Crippen LogP contribution in [-0.4, -0.2) is 46.1 Å². The fourth-order valence-electron chi connectivity index (χ4n) is 3.84. The van der Waals surface area contributed by atoms with Gasteiger partial charge in [-0.1, -0.05) is 23.7 Å². The zero-order valence-corrected chi connectivity index (χ0v) is 16.3. The highest BCUT2D eigenvalue weighted by Crippen LogP contribution is 2.40. The maximum Gasteiger partial charge on any atom is 0.295 e. The maximum atomic E-state index is 12.9. The normalized spacial score (nSPS) is 23.7. The van der Waals surface area contributed by atoms with Crippen molar-refractivity contribution in [1.82, 2.24) is 4.90 Å². The number of ether oxygens (including phenoxy) is 1. The van der Waals surface area contributed by atoms with Crippen LogP contribution in [0.3, 0.4) is 0 Å². The number of likely N-dealkylation sites (tertiary alicyclic amines) is 1. The van der Waals surface area contributed by atoms with Gasteiger partial charge in [-0.05, 0) is 54.8 Å². The Balaban J connectivity index is 1.81. The molecule has 6 nitrogen and oxygen atoms in total. The van der Waals surface area contributed by atoms with Gasteiger partial charge in [0, 0.05) is 23.7 Å². The monoisotopic (exact) mass is 413 g/mol. The van der Waals surface area contributed by atoms with E-state index >= 15 is 0 Å². The molecular weight excluding hydrogens is 394 g/mol. The Kier molecular flexibility index (Phi) is 5.30. The van der Waals surface area contributed by atoms with E-state index in [-0.39, 0.29) is 29.7 Å². The van der Waals surface area contributed by atoms with Crippen LogP contribution in [-0.2, 0) is 14.3 Å². The third-order valence-electron chi connectivity index (χ3n) is 5.29. The van der Waals surface area contributed by atoms with E-state index in [2.05, 4.69) is 0 Å². The zero-order valence-electron chi connectivity index (χ0n) is 15.5. The van der Waals surface area contributed by atoms with Crippen molar-refractivity contribution >= 4 is 29.1 Å². The Hall–Kier alpha value is -2.83. The Labute approximate surface area is 173 Å². The number of aromatic hydroxyl groups is 1. The summed E-state index contributed by atoms with van der Waals surface area (Å²) >= 11 is 5.92. The van der Waals surface area contributed by atoms with Crippen molar-refractivity contribution in [3.05, 3.63) is 70.3 Å². The van der Waals surface area contributed by atoms with Gasteiger partial charge in [0.25, 0.3) is 11.7 Å². The summed E-state index contributed by atoms with van der Waals surface area (Å²) in [6, 6.07) is 11.9. The summed E-state index contributed by atoms with van der Waals surface area (Å²) in [5.74, 6) is -1.60. The van der Waals surface area contributed by atoms with Crippen LogP contribution >= 0.6 is 11.6 Å². The summed E-state index contributed by atoms with van der Waals surface area (Å²) in [4.78, 5) is 27.2. The number of nitrogens with zero attached hydrogens (tertiary/aromatic N) is 1. The zero-order chi connectivity index (χ0) is 20.5. The fraction of sp³-hybridized carbons (Fsp3) is 0.273. The number of Topliss-reactive ketones (excluding diaryl/α,β-unsaturated/α-hetero) is 1. The lowest BCUT2D eigenvalue weighted by molar-refractivity contribution is -0.140. The van der Waals surface area contributed by atoms with E-state index in [0.29, 0.717) is 22.8 Å². The number of benzene rings is 2. The first-order valence-electron chi connectivity index (χ1n) is 9.40. The molecule has 0 aliphatic carbocycles. The number of phenols is 1. The molecule has 2 aliphatic rings. The summed E-state index contributed by atoms with van der Waals surface area (Å²) in [5.41, 5.74) is 1.03. The molecule has 1 amide bonds. The van der Waals surface area contributed by atoms with Crippen LogP contribution in [0.4, 0.5) is 0 Å². The quantitative estimate of drug-likeness (QED) is 0.454. The molecule has 0 radical (unpaired) electrons. The molecule has 29 heavy (non-hydrogen) atoms. The van der Waals surface area contributed by atoms with Gasteiger partial charge >= 0.3 is 0 Å². The Bertz CT molecular complexity index is 962. The number of halogens is 1. The molecule has 2 aromatic rings. The number of hydrogen-bond acceptors (Lipinski definition) is 5. The van der Waals surface area contributed by atoms with Crippen molar-refractivity contribution in [3.8, 4) is 5.75 Å². The van der Waals surface area contributed by atoms with Crippen LogP contribution in [0.5, 0.6) is 5.75 Å². The predicted octanol–water partition coefficient (Wildman–Crippen LogP) is 3.65. The molecule has 150 valence electrons. The number of amides is 1. The summed E-state index contributed by atoms with van der Waals surface area (Å²) in [7, 11) is 0. The molecule has 2 aliphatic heterocycles. The Morgan fingerprint density at radius 3 is 2.41 bits per heavy atom. The molecule has 2 saturated heterocycles. The van der Waals surface area contributed by atoms with Crippen LogP contribution in [0.2, 0.25) is 5.02 Å². The van der Waals surface area contributed by atoms with E-state index in [1.807, 2.05) is 0 Å². The first-order chi connectivity index (χ1) is 14.0. The standard InChI is InChI=1S/C22H20ClNO5/c23-15-7-3-14(4-8-15)20(26)18-19(13-5-9-16(25)10-6-13)24(22(28)21(18)27)12-17-2-1-11-29-17/h3-10,17,19,25-26H,1-2,11-12H2/b20-18-. The molecule has 4 rings (SSSR count). The maximum absolute atomic E-state index is 12.9. The van der Waals surface area contributed by atoms with Gasteiger partial charge < -0.3 is 19.8 Å². The van der Waals surface area contributed by atoms with E-state index in [1.54, 1.807) is 36.4 Å². The molecule has 2 heterocycles. The molecule has 2 unspecified atom stereocenters. The first kappa shape index (κ1) is 19.5. The highest BCUT2D eigenvalue weighted by atomic mass is 35.5.